The highest BCUT2D eigenvalue weighted by Gasteiger charge is 2.30. The fourth-order valence-electron chi connectivity index (χ4n) is 3.51. The third kappa shape index (κ3) is 3.65. The lowest BCUT2D eigenvalue weighted by Gasteiger charge is -2.24. The van der Waals surface area contributed by atoms with E-state index >= 15 is 0 Å². The second kappa shape index (κ2) is 7.45. The molecule has 2 aromatic rings. The third-order valence-corrected chi connectivity index (χ3v) is 4.96. The van der Waals surface area contributed by atoms with E-state index in [0.717, 1.165) is 35.1 Å². The van der Waals surface area contributed by atoms with Gasteiger partial charge in [-0.3, -0.25) is 4.79 Å². The molecule has 1 amide bonds. The second-order valence-electron chi connectivity index (χ2n) is 6.69. The Hall–Kier alpha value is -2.05. The number of aromatic amines is 1. The number of H-pyrrole nitrogens is 1. The van der Waals surface area contributed by atoms with E-state index < -0.39 is 18.2 Å². The molecular formula is C19H26N2O4. The Balaban J connectivity index is 1.83. The Kier molecular flexibility index (Phi) is 5.30. The highest BCUT2D eigenvalue weighted by atomic mass is 16.5. The summed E-state index contributed by atoms with van der Waals surface area (Å²) in [5.41, 5.74) is 2.19. The van der Waals surface area contributed by atoms with Crippen LogP contribution in [0.3, 0.4) is 0 Å². The zero-order valence-electron chi connectivity index (χ0n) is 14.7. The molecule has 1 fully saturated rings. The molecule has 0 bridgehead atoms. The van der Waals surface area contributed by atoms with Crippen molar-refractivity contribution in [1.29, 1.82) is 0 Å². The maximum absolute atomic E-state index is 12.7. The normalized spacial score (nSPS) is 24.1. The van der Waals surface area contributed by atoms with Gasteiger partial charge in [0.2, 0.25) is 0 Å². The molecular weight excluding hydrogens is 320 g/mol. The summed E-state index contributed by atoms with van der Waals surface area (Å²) in [5, 5.41) is 24.0. The van der Waals surface area contributed by atoms with E-state index in [0.29, 0.717) is 25.1 Å². The van der Waals surface area contributed by atoms with Crippen LogP contribution in [0.25, 0.3) is 10.9 Å². The molecule has 6 nitrogen and oxygen atoms in total. The molecule has 25 heavy (non-hydrogen) atoms. The van der Waals surface area contributed by atoms with E-state index in [1.807, 2.05) is 32.0 Å². The molecule has 4 N–H and O–H groups in total. The average molecular weight is 346 g/mol. The van der Waals surface area contributed by atoms with E-state index in [-0.39, 0.29) is 5.91 Å². The van der Waals surface area contributed by atoms with Crippen LogP contribution in [0.1, 0.15) is 48.7 Å². The summed E-state index contributed by atoms with van der Waals surface area (Å²) in [7, 11) is 0. The Morgan fingerprint density at radius 2 is 2.08 bits per heavy atom. The summed E-state index contributed by atoms with van der Waals surface area (Å²) in [6.07, 6.45) is 1.25. The number of amides is 1. The predicted molar refractivity (Wildman–Crippen MR) is 95.9 cm³/mol. The van der Waals surface area contributed by atoms with Crippen LogP contribution in [-0.4, -0.2) is 46.0 Å². The standard InChI is InChI=1S/C19H26N2O4/c1-3-25-12-8-9-14-13(10-12)11(2)17(20-14)19(24)21-15-6-4-5-7-16(22)18(15)23/h8-10,15-16,18,20,22-23H,3-7H2,1-2H3,(H,21,24)/t15-,16-,18-/m1/s1. The number of fused-ring (bicyclic) bond motifs is 1. The van der Waals surface area contributed by atoms with Gasteiger partial charge in [-0.05, 0) is 50.5 Å². The fourth-order valence-corrected chi connectivity index (χ4v) is 3.51. The molecule has 6 heteroatoms. The molecule has 0 saturated heterocycles. The quantitative estimate of drug-likeness (QED) is 0.639. The molecule has 0 spiro atoms. The van der Waals surface area contributed by atoms with Crippen LogP contribution in [0.2, 0.25) is 0 Å². The third-order valence-electron chi connectivity index (χ3n) is 4.96. The minimum Gasteiger partial charge on any atom is -0.494 e. The molecule has 1 aliphatic carbocycles. The lowest BCUT2D eigenvalue weighted by molar-refractivity contribution is -0.00128. The SMILES string of the molecule is CCOc1ccc2[nH]c(C(=O)N[C@@H]3CCCC[C@@H](O)[C@@H]3O)c(C)c2c1. The Bertz CT molecular complexity index is 755. The Morgan fingerprint density at radius 1 is 1.32 bits per heavy atom. The van der Waals surface area contributed by atoms with Gasteiger partial charge in [0, 0.05) is 10.9 Å². The van der Waals surface area contributed by atoms with E-state index in [1.165, 1.54) is 0 Å². The van der Waals surface area contributed by atoms with Gasteiger partial charge in [-0.15, -0.1) is 0 Å². The van der Waals surface area contributed by atoms with Gasteiger partial charge in [0.05, 0.1) is 24.9 Å². The summed E-state index contributed by atoms with van der Waals surface area (Å²) in [5.74, 6) is 0.510. The molecule has 1 aliphatic rings. The van der Waals surface area contributed by atoms with Crippen molar-refractivity contribution in [2.75, 3.05) is 6.61 Å². The van der Waals surface area contributed by atoms with Crippen LogP contribution in [0.4, 0.5) is 0 Å². The van der Waals surface area contributed by atoms with Crippen LogP contribution in [0.5, 0.6) is 5.75 Å². The number of aliphatic hydroxyl groups is 2. The largest absolute Gasteiger partial charge is 0.494 e. The number of aromatic nitrogens is 1. The number of hydrogen-bond acceptors (Lipinski definition) is 4. The second-order valence-corrected chi connectivity index (χ2v) is 6.69. The van der Waals surface area contributed by atoms with E-state index in [2.05, 4.69) is 10.3 Å². The Labute approximate surface area is 147 Å². The molecule has 0 radical (unpaired) electrons. The molecule has 136 valence electrons. The molecule has 0 aliphatic heterocycles. The van der Waals surface area contributed by atoms with Gasteiger partial charge in [0.15, 0.2) is 0 Å². The van der Waals surface area contributed by atoms with Crippen molar-refractivity contribution in [3.63, 3.8) is 0 Å². The van der Waals surface area contributed by atoms with Gasteiger partial charge < -0.3 is 25.3 Å². The van der Waals surface area contributed by atoms with Crippen molar-refractivity contribution in [3.8, 4) is 5.75 Å². The first-order valence-corrected chi connectivity index (χ1v) is 8.93. The number of hydrogen-bond donors (Lipinski definition) is 4. The number of benzene rings is 1. The molecule has 1 aromatic heterocycles. The van der Waals surface area contributed by atoms with Gasteiger partial charge in [-0.25, -0.2) is 0 Å². The first kappa shape index (κ1) is 17.8. The van der Waals surface area contributed by atoms with Crippen molar-refractivity contribution in [2.24, 2.45) is 0 Å². The van der Waals surface area contributed by atoms with Gasteiger partial charge in [0.1, 0.15) is 11.4 Å². The summed E-state index contributed by atoms with van der Waals surface area (Å²) in [4.78, 5) is 15.9. The number of carbonyl (C=O) groups excluding carboxylic acids is 1. The molecule has 3 atom stereocenters. The van der Waals surface area contributed by atoms with Crippen LogP contribution < -0.4 is 10.1 Å². The topological polar surface area (TPSA) is 94.6 Å². The van der Waals surface area contributed by atoms with Gasteiger partial charge in [-0.1, -0.05) is 12.8 Å². The van der Waals surface area contributed by atoms with Crippen molar-refractivity contribution in [1.82, 2.24) is 10.3 Å². The highest BCUT2D eigenvalue weighted by molar-refractivity contribution is 6.01. The maximum atomic E-state index is 12.7. The van der Waals surface area contributed by atoms with Crippen LogP contribution >= 0.6 is 0 Å². The minimum absolute atomic E-state index is 0.259. The van der Waals surface area contributed by atoms with E-state index in [9.17, 15) is 15.0 Å². The zero-order valence-corrected chi connectivity index (χ0v) is 14.7. The molecule has 1 saturated carbocycles. The summed E-state index contributed by atoms with van der Waals surface area (Å²) in [6, 6.07) is 5.25. The Morgan fingerprint density at radius 3 is 2.84 bits per heavy atom. The van der Waals surface area contributed by atoms with Crippen LogP contribution in [-0.2, 0) is 0 Å². The summed E-state index contributed by atoms with van der Waals surface area (Å²) >= 11 is 0. The molecule has 0 unspecified atom stereocenters. The first-order valence-electron chi connectivity index (χ1n) is 8.93. The van der Waals surface area contributed by atoms with Gasteiger partial charge in [-0.2, -0.15) is 0 Å². The highest BCUT2D eigenvalue weighted by Crippen LogP contribution is 2.27. The number of aryl methyl sites for hydroxylation is 1. The van der Waals surface area contributed by atoms with Gasteiger partial charge >= 0.3 is 0 Å². The van der Waals surface area contributed by atoms with E-state index in [4.69, 9.17) is 4.74 Å². The number of carbonyl (C=O) groups is 1. The molecule has 1 heterocycles. The predicted octanol–water partition coefficient (Wildman–Crippen LogP) is 2.27. The monoisotopic (exact) mass is 346 g/mol. The number of ether oxygens (including phenoxy) is 1. The van der Waals surface area contributed by atoms with Crippen molar-refractivity contribution < 1.29 is 19.7 Å². The molecule has 3 rings (SSSR count). The summed E-state index contributed by atoms with van der Waals surface area (Å²) in [6.45, 7) is 4.41. The fraction of sp³-hybridized carbons (Fsp3) is 0.526. The van der Waals surface area contributed by atoms with Crippen molar-refractivity contribution in [2.45, 2.75) is 57.8 Å². The first-order chi connectivity index (χ1) is 12.0. The lowest BCUT2D eigenvalue weighted by Crippen LogP contribution is -2.47. The maximum Gasteiger partial charge on any atom is 0.268 e. The average Bonchev–Trinajstić information content (AvgIpc) is 2.85. The van der Waals surface area contributed by atoms with E-state index in [1.54, 1.807) is 0 Å². The van der Waals surface area contributed by atoms with Gasteiger partial charge in [0.25, 0.3) is 5.91 Å². The number of nitrogens with one attached hydrogen (secondary N) is 2. The lowest BCUT2D eigenvalue weighted by atomic mass is 10.0. The smallest absolute Gasteiger partial charge is 0.268 e. The minimum atomic E-state index is -0.930. The zero-order chi connectivity index (χ0) is 18.0. The molecule has 1 aromatic carbocycles. The van der Waals surface area contributed by atoms with Crippen molar-refractivity contribution in [3.05, 3.63) is 29.5 Å². The summed E-state index contributed by atoms with van der Waals surface area (Å²) < 4.78 is 5.52. The van der Waals surface area contributed by atoms with Crippen LogP contribution in [0.15, 0.2) is 18.2 Å². The number of aliphatic hydroxyl groups excluding tert-OH is 2. The van der Waals surface area contributed by atoms with Crippen molar-refractivity contribution >= 4 is 16.8 Å². The number of rotatable bonds is 4. The van der Waals surface area contributed by atoms with Crippen LogP contribution in [0, 0.1) is 6.92 Å².